The van der Waals surface area contributed by atoms with Crippen molar-refractivity contribution < 1.29 is 19.7 Å². The monoisotopic (exact) mass is 374 g/mol. The topological polar surface area (TPSA) is 66.8 Å². The lowest BCUT2D eigenvalue weighted by atomic mass is 9.83. The second kappa shape index (κ2) is 11.5. The molecule has 0 amide bonds. The van der Waals surface area contributed by atoms with Gasteiger partial charge in [-0.25, -0.2) is 4.79 Å². The number of benzene rings is 1. The van der Waals surface area contributed by atoms with E-state index in [-0.39, 0.29) is 23.0 Å². The highest BCUT2D eigenvalue weighted by Gasteiger charge is 2.27. The maximum absolute atomic E-state index is 12.2. The van der Waals surface area contributed by atoms with Gasteiger partial charge in [0.2, 0.25) is 0 Å². The molecule has 2 rings (SSSR count). The van der Waals surface area contributed by atoms with Crippen LogP contribution in [0.2, 0.25) is 0 Å². The van der Waals surface area contributed by atoms with E-state index in [1.165, 1.54) is 12.7 Å². The highest BCUT2D eigenvalue weighted by molar-refractivity contribution is 5.95. The maximum atomic E-state index is 12.2. The van der Waals surface area contributed by atoms with Crippen LogP contribution in [-0.2, 0) is 11.2 Å². The van der Waals surface area contributed by atoms with Gasteiger partial charge in [0.05, 0.1) is 7.11 Å². The van der Waals surface area contributed by atoms with Crippen LogP contribution in [0.5, 0.6) is 11.5 Å². The van der Waals surface area contributed by atoms with Crippen molar-refractivity contribution in [3.05, 3.63) is 47.1 Å². The molecule has 1 aromatic rings. The summed E-state index contributed by atoms with van der Waals surface area (Å²) < 4.78 is 4.87. The first-order valence-corrected chi connectivity index (χ1v) is 9.81. The van der Waals surface area contributed by atoms with Crippen molar-refractivity contribution in [2.75, 3.05) is 7.11 Å². The number of carbonyl (C=O) groups excluding carboxylic acids is 1. The fourth-order valence-electron chi connectivity index (χ4n) is 3.52. The number of rotatable bonds is 6. The Morgan fingerprint density at radius 3 is 2.59 bits per heavy atom. The molecule has 4 nitrogen and oxygen atoms in total. The standard InChI is InChI=1S/C20H28O4.C3H6/c1-4-5-6-9-15-12-16(21)17(14-10-7-8-13(2)11-14)19(22)18(15)20(23)24-3;1-3-2/h11-12,14,21-22H,4-10H2,1-3H3;3H,1H2,2H3/t14-;/m0./s1. The van der Waals surface area contributed by atoms with Crippen LogP contribution in [0.15, 0.2) is 30.4 Å². The van der Waals surface area contributed by atoms with Crippen LogP contribution in [0, 0.1) is 0 Å². The van der Waals surface area contributed by atoms with Crippen molar-refractivity contribution in [1.82, 2.24) is 0 Å². The number of hydrogen-bond donors (Lipinski definition) is 2. The largest absolute Gasteiger partial charge is 0.507 e. The van der Waals surface area contributed by atoms with Gasteiger partial charge in [0.15, 0.2) is 0 Å². The van der Waals surface area contributed by atoms with Crippen molar-refractivity contribution >= 4 is 5.97 Å². The molecule has 1 atom stereocenters. The van der Waals surface area contributed by atoms with Crippen molar-refractivity contribution in [3.8, 4) is 11.5 Å². The fourth-order valence-corrected chi connectivity index (χ4v) is 3.52. The van der Waals surface area contributed by atoms with Crippen LogP contribution in [0.3, 0.4) is 0 Å². The number of aromatic hydroxyl groups is 2. The van der Waals surface area contributed by atoms with Gasteiger partial charge in [-0.1, -0.05) is 37.5 Å². The zero-order valence-corrected chi connectivity index (χ0v) is 17.2. The van der Waals surface area contributed by atoms with E-state index in [0.29, 0.717) is 17.5 Å². The number of methoxy groups -OCH3 is 1. The molecular formula is C23H34O4. The summed E-state index contributed by atoms with van der Waals surface area (Å²) in [6.45, 7) is 9.41. The van der Waals surface area contributed by atoms with E-state index in [2.05, 4.69) is 26.5 Å². The SMILES string of the molecule is C=CC.CCCCCc1cc(O)c([C@@H]2C=C(C)CCC2)c(O)c1C(=O)OC. The summed E-state index contributed by atoms with van der Waals surface area (Å²) in [5.74, 6) is -0.657. The molecular weight excluding hydrogens is 340 g/mol. The smallest absolute Gasteiger partial charge is 0.341 e. The van der Waals surface area contributed by atoms with Crippen molar-refractivity contribution in [3.63, 3.8) is 0 Å². The lowest BCUT2D eigenvalue weighted by Gasteiger charge is -2.23. The second-order valence-corrected chi connectivity index (χ2v) is 7.06. The molecule has 2 N–H and O–H groups in total. The molecule has 0 unspecified atom stereocenters. The van der Waals surface area contributed by atoms with Gasteiger partial charge in [-0.05, 0) is 57.6 Å². The van der Waals surface area contributed by atoms with Crippen molar-refractivity contribution in [1.29, 1.82) is 0 Å². The van der Waals surface area contributed by atoms with Crippen LogP contribution in [-0.4, -0.2) is 23.3 Å². The van der Waals surface area contributed by atoms with E-state index in [1.54, 1.807) is 12.1 Å². The Labute approximate surface area is 163 Å². The molecule has 0 saturated heterocycles. The summed E-state index contributed by atoms with van der Waals surface area (Å²) in [6.07, 6.45) is 10.4. The molecule has 0 heterocycles. The van der Waals surface area contributed by atoms with Gasteiger partial charge in [0, 0.05) is 11.5 Å². The summed E-state index contributed by atoms with van der Waals surface area (Å²) in [5, 5.41) is 21.3. The maximum Gasteiger partial charge on any atom is 0.341 e. The van der Waals surface area contributed by atoms with E-state index < -0.39 is 5.97 Å². The Kier molecular flexibility index (Phi) is 9.70. The lowest BCUT2D eigenvalue weighted by Crippen LogP contribution is -2.11. The quantitative estimate of drug-likeness (QED) is 0.363. The Morgan fingerprint density at radius 1 is 1.37 bits per heavy atom. The third kappa shape index (κ3) is 6.16. The fraction of sp³-hybridized carbons (Fsp3) is 0.522. The van der Waals surface area contributed by atoms with Crippen LogP contribution in [0.4, 0.5) is 0 Å². The molecule has 0 saturated carbocycles. The molecule has 1 aliphatic carbocycles. The number of phenols is 2. The molecule has 0 aromatic heterocycles. The number of esters is 1. The van der Waals surface area contributed by atoms with E-state index in [1.807, 2.05) is 6.92 Å². The highest BCUT2D eigenvalue weighted by atomic mass is 16.5. The third-order valence-electron chi connectivity index (χ3n) is 4.78. The molecule has 0 spiro atoms. The Balaban J connectivity index is 0.00000114. The minimum Gasteiger partial charge on any atom is -0.507 e. The zero-order chi connectivity index (χ0) is 20.4. The average Bonchev–Trinajstić information content (AvgIpc) is 2.62. The van der Waals surface area contributed by atoms with Gasteiger partial charge in [0.25, 0.3) is 0 Å². The van der Waals surface area contributed by atoms with Crippen LogP contribution in [0.25, 0.3) is 0 Å². The van der Waals surface area contributed by atoms with Crippen LogP contribution >= 0.6 is 0 Å². The van der Waals surface area contributed by atoms with E-state index >= 15 is 0 Å². The summed E-state index contributed by atoms with van der Waals surface area (Å²) in [6, 6.07) is 1.63. The van der Waals surface area contributed by atoms with Gasteiger partial charge < -0.3 is 14.9 Å². The number of allylic oxidation sites excluding steroid dienone is 3. The first-order chi connectivity index (χ1) is 12.9. The minimum absolute atomic E-state index is 0.0631. The third-order valence-corrected chi connectivity index (χ3v) is 4.78. The molecule has 0 radical (unpaired) electrons. The average molecular weight is 375 g/mol. The molecule has 4 heteroatoms. The number of carbonyl (C=O) groups is 1. The molecule has 1 aromatic carbocycles. The van der Waals surface area contributed by atoms with Gasteiger partial charge in [-0.2, -0.15) is 0 Å². The van der Waals surface area contributed by atoms with Crippen molar-refractivity contribution in [2.24, 2.45) is 0 Å². The molecule has 27 heavy (non-hydrogen) atoms. The predicted molar refractivity (Wildman–Crippen MR) is 111 cm³/mol. The number of unbranched alkanes of at least 4 members (excludes halogenated alkanes) is 2. The van der Waals surface area contributed by atoms with E-state index in [9.17, 15) is 15.0 Å². The summed E-state index contributed by atoms with van der Waals surface area (Å²) in [7, 11) is 1.31. The first kappa shape index (κ1) is 22.8. The van der Waals surface area contributed by atoms with Gasteiger partial charge in [-0.15, -0.1) is 6.58 Å². The molecule has 0 fully saturated rings. The predicted octanol–water partition coefficient (Wildman–Crippen LogP) is 6.02. The molecule has 0 aliphatic heterocycles. The summed E-state index contributed by atoms with van der Waals surface area (Å²) in [5.41, 5.74) is 2.56. The Morgan fingerprint density at radius 2 is 2.04 bits per heavy atom. The zero-order valence-electron chi connectivity index (χ0n) is 17.2. The number of hydrogen-bond acceptors (Lipinski definition) is 4. The number of phenolic OH excluding ortho intramolecular Hbond substituents is 2. The second-order valence-electron chi connectivity index (χ2n) is 7.06. The summed E-state index contributed by atoms with van der Waals surface area (Å²) >= 11 is 0. The van der Waals surface area contributed by atoms with E-state index in [4.69, 9.17) is 4.74 Å². The van der Waals surface area contributed by atoms with Gasteiger partial charge >= 0.3 is 5.97 Å². The Bertz CT molecular complexity index is 673. The number of aryl methyl sites for hydroxylation is 1. The van der Waals surface area contributed by atoms with Gasteiger partial charge in [0.1, 0.15) is 17.1 Å². The molecule has 1 aliphatic rings. The highest BCUT2D eigenvalue weighted by Crippen LogP contribution is 2.44. The van der Waals surface area contributed by atoms with Crippen LogP contribution < -0.4 is 0 Å². The summed E-state index contributed by atoms with van der Waals surface area (Å²) in [4.78, 5) is 12.2. The van der Waals surface area contributed by atoms with E-state index in [0.717, 1.165) is 38.5 Å². The lowest BCUT2D eigenvalue weighted by molar-refractivity contribution is 0.0595. The minimum atomic E-state index is -0.545. The van der Waals surface area contributed by atoms with Gasteiger partial charge in [-0.3, -0.25) is 0 Å². The Hall–Kier alpha value is -2.23. The van der Waals surface area contributed by atoms with Crippen molar-refractivity contribution in [2.45, 2.75) is 71.6 Å². The molecule has 0 bridgehead atoms. The first-order valence-electron chi connectivity index (χ1n) is 9.81. The number of ether oxygens (including phenoxy) is 1. The molecule has 150 valence electrons. The normalized spacial score (nSPS) is 16.0. The van der Waals surface area contributed by atoms with Crippen LogP contribution in [0.1, 0.15) is 86.7 Å².